The summed E-state index contributed by atoms with van der Waals surface area (Å²) in [4.78, 5) is 30.7. The van der Waals surface area contributed by atoms with E-state index >= 15 is 0 Å². The molecule has 1 aliphatic rings. The molecule has 1 aromatic carbocycles. The number of hydrogen-bond acceptors (Lipinski definition) is 3. The summed E-state index contributed by atoms with van der Waals surface area (Å²) in [5, 5.41) is 0. The lowest BCUT2D eigenvalue weighted by molar-refractivity contribution is -0.133. The standard InChI is InChI=1S/C20H25N3O2/c1-14-7-4-5-9-18(14)17-8-6-10-22(12-17)19(24)13-23-16(3)11-15(2)21-20(23)25/h4-5,7,9,11,17H,6,8,10,12-13H2,1-3H3/t17-/m1/s1. The van der Waals surface area contributed by atoms with Crippen molar-refractivity contribution in [1.82, 2.24) is 14.5 Å². The summed E-state index contributed by atoms with van der Waals surface area (Å²) in [5.74, 6) is 0.363. The number of amides is 1. The highest BCUT2D eigenvalue weighted by Gasteiger charge is 2.26. The van der Waals surface area contributed by atoms with Crippen LogP contribution in [0, 0.1) is 20.8 Å². The smallest absolute Gasteiger partial charge is 0.341 e. The minimum atomic E-state index is -0.349. The topological polar surface area (TPSA) is 55.2 Å². The average Bonchev–Trinajstić information content (AvgIpc) is 2.58. The van der Waals surface area contributed by atoms with Gasteiger partial charge in [-0.05, 0) is 50.8 Å². The Hall–Kier alpha value is -2.43. The van der Waals surface area contributed by atoms with Gasteiger partial charge in [-0.1, -0.05) is 24.3 Å². The minimum absolute atomic E-state index is 0.00543. The maximum Gasteiger partial charge on any atom is 0.348 e. The molecular formula is C20H25N3O2. The van der Waals surface area contributed by atoms with Gasteiger partial charge < -0.3 is 4.90 Å². The molecule has 0 bridgehead atoms. The van der Waals surface area contributed by atoms with Gasteiger partial charge in [-0.25, -0.2) is 4.79 Å². The highest BCUT2D eigenvalue weighted by atomic mass is 16.2. The van der Waals surface area contributed by atoms with E-state index < -0.39 is 0 Å². The van der Waals surface area contributed by atoms with Crippen LogP contribution in [-0.4, -0.2) is 33.4 Å². The van der Waals surface area contributed by atoms with Crippen molar-refractivity contribution in [2.24, 2.45) is 0 Å². The molecule has 0 radical (unpaired) electrons. The van der Waals surface area contributed by atoms with Crippen molar-refractivity contribution in [3.8, 4) is 0 Å². The number of likely N-dealkylation sites (tertiary alicyclic amines) is 1. The summed E-state index contributed by atoms with van der Waals surface area (Å²) in [6.45, 7) is 7.30. The van der Waals surface area contributed by atoms with Gasteiger partial charge in [-0.15, -0.1) is 0 Å². The van der Waals surface area contributed by atoms with Crippen LogP contribution in [0.3, 0.4) is 0 Å². The van der Waals surface area contributed by atoms with Gasteiger partial charge in [0.05, 0.1) is 0 Å². The van der Waals surface area contributed by atoms with Crippen LogP contribution in [0.25, 0.3) is 0 Å². The van der Waals surface area contributed by atoms with Gasteiger partial charge in [0.1, 0.15) is 6.54 Å². The number of carbonyl (C=O) groups excluding carboxylic acids is 1. The van der Waals surface area contributed by atoms with Crippen LogP contribution in [0.15, 0.2) is 35.1 Å². The van der Waals surface area contributed by atoms with Crippen molar-refractivity contribution in [1.29, 1.82) is 0 Å². The SMILES string of the molecule is Cc1cc(C)n(CC(=O)N2CCC[C@@H](c3ccccc3C)C2)c(=O)n1. The molecule has 0 saturated carbocycles. The van der Waals surface area contributed by atoms with E-state index in [1.165, 1.54) is 15.7 Å². The maximum atomic E-state index is 12.8. The van der Waals surface area contributed by atoms with Gasteiger partial charge >= 0.3 is 5.69 Å². The molecule has 5 nitrogen and oxygen atoms in total. The second-order valence-electron chi connectivity index (χ2n) is 6.94. The van der Waals surface area contributed by atoms with Crippen molar-refractivity contribution in [2.75, 3.05) is 13.1 Å². The second-order valence-corrected chi connectivity index (χ2v) is 6.94. The zero-order chi connectivity index (χ0) is 18.0. The lowest BCUT2D eigenvalue weighted by Gasteiger charge is -2.34. The van der Waals surface area contributed by atoms with Gasteiger partial charge in [-0.3, -0.25) is 9.36 Å². The molecule has 0 unspecified atom stereocenters. The highest BCUT2D eigenvalue weighted by Crippen LogP contribution is 2.29. The fourth-order valence-corrected chi connectivity index (χ4v) is 3.70. The predicted molar refractivity (Wildman–Crippen MR) is 97.7 cm³/mol. The summed E-state index contributed by atoms with van der Waals surface area (Å²) in [6, 6.07) is 10.2. The quantitative estimate of drug-likeness (QED) is 0.864. The number of rotatable bonds is 3. The van der Waals surface area contributed by atoms with Gasteiger partial charge in [0.25, 0.3) is 0 Å². The van der Waals surface area contributed by atoms with E-state index in [9.17, 15) is 9.59 Å². The van der Waals surface area contributed by atoms with E-state index in [0.29, 0.717) is 11.6 Å². The minimum Gasteiger partial charge on any atom is -0.341 e. The number of aromatic nitrogens is 2. The number of benzene rings is 1. The van der Waals surface area contributed by atoms with Crippen LogP contribution in [0.2, 0.25) is 0 Å². The molecule has 0 aliphatic carbocycles. The largest absolute Gasteiger partial charge is 0.348 e. The van der Waals surface area contributed by atoms with Crippen molar-refractivity contribution in [2.45, 2.75) is 46.1 Å². The van der Waals surface area contributed by atoms with Crippen LogP contribution >= 0.6 is 0 Å². The first-order valence-electron chi connectivity index (χ1n) is 8.84. The summed E-state index contributed by atoms with van der Waals surface area (Å²) in [7, 11) is 0. The first kappa shape index (κ1) is 17.4. The molecule has 1 aliphatic heterocycles. The molecule has 1 atom stereocenters. The van der Waals surface area contributed by atoms with Crippen LogP contribution in [-0.2, 0) is 11.3 Å². The molecule has 2 heterocycles. The van der Waals surface area contributed by atoms with Crippen LogP contribution in [0.1, 0.15) is 41.3 Å². The Balaban J connectivity index is 1.75. The average molecular weight is 339 g/mol. The Morgan fingerprint density at radius 3 is 2.72 bits per heavy atom. The molecule has 5 heteroatoms. The first-order chi connectivity index (χ1) is 12.0. The molecular weight excluding hydrogens is 314 g/mol. The fourth-order valence-electron chi connectivity index (χ4n) is 3.70. The normalized spacial score (nSPS) is 17.6. The Morgan fingerprint density at radius 1 is 1.24 bits per heavy atom. The number of nitrogens with zero attached hydrogens (tertiary/aromatic N) is 3. The summed E-state index contributed by atoms with van der Waals surface area (Å²) < 4.78 is 1.46. The van der Waals surface area contributed by atoms with Crippen molar-refractivity contribution < 1.29 is 4.79 Å². The molecule has 0 spiro atoms. The third-order valence-electron chi connectivity index (χ3n) is 5.04. The van der Waals surface area contributed by atoms with Crippen molar-refractivity contribution in [3.63, 3.8) is 0 Å². The Morgan fingerprint density at radius 2 is 2.00 bits per heavy atom. The van der Waals surface area contributed by atoms with Gasteiger partial charge in [0.2, 0.25) is 5.91 Å². The predicted octanol–water partition coefficient (Wildman–Crippen LogP) is 2.57. The van der Waals surface area contributed by atoms with Crippen LogP contribution in [0.4, 0.5) is 0 Å². The molecule has 2 aromatic rings. The van der Waals surface area contributed by atoms with Crippen LogP contribution < -0.4 is 5.69 Å². The maximum absolute atomic E-state index is 12.8. The van der Waals surface area contributed by atoms with Crippen molar-refractivity contribution in [3.05, 3.63) is 63.3 Å². The van der Waals surface area contributed by atoms with E-state index in [1.54, 1.807) is 6.92 Å². The zero-order valence-electron chi connectivity index (χ0n) is 15.2. The molecule has 1 amide bonds. The second kappa shape index (κ2) is 7.21. The number of carbonyl (C=O) groups is 1. The van der Waals surface area contributed by atoms with Crippen molar-refractivity contribution >= 4 is 5.91 Å². The van der Waals surface area contributed by atoms with E-state index in [0.717, 1.165) is 31.6 Å². The number of aryl methyl sites for hydroxylation is 3. The van der Waals surface area contributed by atoms with E-state index in [2.05, 4.69) is 30.1 Å². The highest BCUT2D eigenvalue weighted by molar-refractivity contribution is 5.76. The summed E-state index contributed by atoms with van der Waals surface area (Å²) >= 11 is 0. The molecule has 25 heavy (non-hydrogen) atoms. The molecule has 1 saturated heterocycles. The third-order valence-corrected chi connectivity index (χ3v) is 5.04. The first-order valence-corrected chi connectivity index (χ1v) is 8.84. The number of piperidine rings is 1. The van der Waals surface area contributed by atoms with E-state index in [4.69, 9.17) is 0 Å². The molecule has 3 rings (SSSR count). The van der Waals surface area contributed by atoms with Gasteiger partial charge in [0.15, 0.2) is 0 Å². The lowest BCUT2D eigenvalue weighted by atomic mass is 9.88. The molecule has 0 N–H and O–H groups in total. The van der Waals surface area contributed by atoms with E-state index in [1.807, 2.05) is 24.0 Å². The fraction of sp³-hybridized carbons (Fsp3) is 0.450. The monoisotopic (exact) mass is 339 g/mol. The van der Waals surface area contributed by atoms with Gasteiger partial charge in [-0.2, -0.15) is 4.98 Å². The Bertz CT molecular complexity index is 841. The Kier molecular flexibility index (Phi) is 5.02. The summed E-state index contributed by atoms with van der Waals surface area (Å²) in [5.41, 5.74) is 3.71. The zero-order valence-corrected chi connectivity index (χ0v) is 15.2. The van der Waals surface area contributed by atoms with Gasteiger partial charge in [0, 0.05) is 30.4 Å². The Labute approximate surface area is 148 Å². The van der Waals surface area contributed by atoms with Crippen LogP contribution in [0.5, 0.6) is 0 Å². The third kappa shape index (κ3) is 3.81. The lowest BCUT2D eigenvalue weighted by Crippen LogP contribution is -2.42. The molecule has 1 fully saturated rings. The molecule has 132 valence electrons. The molecule has 1 aromatic heterocycles. The number of hydrogen-bond donors (Lipinski definition) is 0. The van der Waals surface area contributed by atoms with E-state index in [-0.39, 0.29) is 18.1 Å². The summed E-state index contributed by atoms with van der Waals surface area (Å²) in [6.07, 6.45) is 2.09.